The highest BCUT2D eigenvalue weighted by Gasteiger charge is 2.71. The predicted molar refractivity (Wildman–Crippen MR) is 180 cm³/mol. The number of fused-ring (bicyclic) bond motifs is 7. The van der Waals surface area contributed by atoms with Gasteiger partial charge in [0, 0.05) is 17.3 Å². The zero-order chi connectivity index (χ0) is 35.9. The summed E-state index contributed by atoms with van der Waals surface area (Å²) in [6.07, 6.45) is 7.63. The van der Waals surface area contributed by atoms with E-state index in [0.717, 1.165) is 32.1 Å². The van der Waals surface area contributed by atoms with E-state index in [1.54, 1.807) is 0 Å². The van der Waals surface area contributed by atoms with Gasteiger partial charge in [-0.25, -0.2) is 9.59 Å². The Balaban J connectivity index is 1.36. The van der Waals surface area contributed by atoms with Crippen LogP contribution in [0.2, 0.25) is 0 Å². The molecule has 0 spiro atoms. The summed E-state index contributed by atoms with van der Waals surface area (Å²) in [5.74, 6) is -0.863. The maximum absolute atomic E-state index is 14.8. The molecule has 1 N–H and O–H groups in total. The number of carboxylic acid groups (broad SMARTS) is 1. The minimum Gasteiger partial charge on any atom is -0.481 e. The van der Waals surface area contributed by atoms with E-state index in [9.17, 15) is 24.3 Å². The second kappa shape index (κ2) is 11.8. The highest BCUT2D eigenvalue weighted by molar-refractivity contribution is 5.95. The van der Waals surface area contributed by atoms with Crippen LogP contribution in [0.1, 0.15) is 131 Å². The molecule has 10 nitrogen and oxygen atoms in total. The first-order chi connectivity index (χ1) is 22.8. The molecule has 1 aromatic rings. The molecular formula is C39H56O10. The number of ketones is 1. The molecule has 4 fully saturated rings. The first kappa shape index (κ1) is 35.9. The first-order valence-electron chi connectivity index (χ1n) is 18.2. The number of carbonyl (C=O) groups is 3. The van der Waals surface area contributed by atoms with Gasteiger partial charge in [-0.3, -0.25) is 9.59 Å². The topological polar surface area (TPSA) is 142 Å². The first-order valence-corrected chi connectivity index (χ1v) is 18.2. The molecule has 0 bridgehead atoms. The van der Waals surface area contributed by atoms with Gasteiger partial charge in [-0.05, 0) is 104 Å². The van der Waals surface area contributed by atoms with Crippen molar-refractivity contribution in [1.82, 2.24) is 0 Å². The van der Waals surface area contributed by atoms with Crippen molar-refractivity contribution in [2.75, 3.05) is 13.7 Å². The summed E-state index contributed by atoms with van der Waals surface area (Å²) in [4.78, 5) is 51.7. The van der Waals surface area contributed by atoms with Crippen LogP contribution in [-0.2, 0) is 30.4 Å². The molecule has 0 aromatic carbocycles. The van der Waals surface area contributed by atoms with Gasteiger partial charge in [-0.2, -0.15) is 0 Å². The highest BCUT2D eigenvalue weighted by atomic mass is 16.7. The molecule has 49 heavy (non-hydrogen) atoms. The fraction of sp³-hybridized carbons (Fsp3) is 0.795. The van der Waals surface area contributed by atoms with Gasteiger partial charge in [0.2, 0.25) is 0 Å². The Hall–Kier alpha value is -2.88. The zero-order valence-corrected chi connectivity index (χ0v) is 30.9. The summed E-state index contributed by atoms with van der Waals surface area (Å²) in [6, 6.07) is 0. The third-order valence-electron chi connectivity index (χ3n) is 15.1. The van der Waals surface area contributed by atoms with Crippen molar-refractivity contribution in [3.05, 3.63) is 33.8 Å². The van der Waals surface area contributed by atoms with Crippen LogP contribution in [0.4, 0.5) is 4.79 Å². The van der Waals surface area contributed by atoms with E-state index >= 15 is 0 Å². The normalized spacial score (nSPS) is 43.1. The van der Waals surface area contributed by atoms with Crippen molar-refractivity contribution in [2.45, 2.75) is 132 Å². The molecule has 0 saturated heterocycles. The molecule has 4 saturated carbocycles. The van der Waals surface area contributed by atoms with Crippen LogP contribution in [0, 0.1) is 50.2 Å². The van der Waals surface area contributed by atoms with Gasteiger partial charge in [-0.15, -0.1) is 0 Å². The molecule has 1 unspecified atom stereocenters. The van der Waals surface area contributed by atoms with Crippen LogP contribution in [0.5, 0.6) is 0 Å². The number of ether oxygens (including phenoxy) is 3. The van der Waals surface area contributed by atoms with Gasteiger partial charge in [0.1, 0.15) is 12.7 Å². The Morgan fingerprint density at radius 2 is 1.65 bits per heavy atom. The van der Waals surface area contributed by atoms with Crippen LogP contribution >= 0.6 is 0 Å². The second-order valence-corrected chi connectivity index (χ2v) is 18.1. The number of hydrogen-bond donors (Lipinski definition) is 1. The van der Waals surface area contributed by atoms with Crippen molar-refractivity contribution in [3.63, 3.8) is 0 Å². The minimum absolute atomic E-state index is 0.0202. The van der Waals surface area contributed by atoms with E-state index in [4.69, 9.17) is 23.0 Å². The molecule has 10 atom stereocenters. The van der Waals surface area contributed by atoms with Crippen molar-refractivity contribution in [3.8, 4) is 0 Å². The summed E-state index contributed by atoms with van der Waals surface area (Å²) in [5.41, 5.74) is -1.32. The number of rotatable bonds is 7. The fourth-order valence-corrected chi connectivity index (χ4v) is 11.9. The number of methoxy groups -OCH3 is 1. The monoisotopic (exact) mass is 684 g/mol. The van der Waals surface area contributed by atoms with E-state index < -0.39 is 40.3 Å². The summed E-state index contributed by atoms with van der Waals surface area (Å²) in [7, 11) is 1.30. The van der Waals surface area contributed by atoms with Crippen LogP contribution in [-0.4, -0.2) is 42.8 Å². The lowest BCUT2D eigenvalue weighted by Crippen LogP contribution is -2.67. The minimum atomic E-state index is -0.803. The van der Waals surface area contributed by atoms with Crippen molar-refractivity contribution < 1.29 is 42.5 Å². The summed E-state index contributed by atoms with van der Waals surface area (Å²) in [5, 5.41) is 10.2. The number of aliphatic carboxylic acids is 1. The zero-order valence-electron chi connectivity index (χ0n) is 30.9. The van der Waals surface area contributed by atoms with Gasteiger partial charge in [0.25, 0.3) is 0 Å². The van der Waals surface area contributed by atoms with Crippen molar-refractivity contribution in [1.29, 1.82) is 0 Å². The molecule has 10 heteroatoms. The number of carboxylic acids is 1. The number of hydrogen-bond acceptors (Lipinski definition) is 9. The Kier molecular flexibility index (Phi) is 8.68. The molecule has 0 aliphatic heterocycles. The maximum Gasteiger partial charge on any atom is 0.519 e. The summed E-state index contributed by atoms with van der Waals surface area (Å²) in [6.45, 7) is 17.3. The van der Waals surface area contributed by atoms with Crippen LogP contribution < -0.4 is 5.82 Å². The van der Waals surface area contributed by atoms with Crippen LogP contribution in [0.15, 0.2) is 25.3 Å². The molecular weight excluding hydrogens is 628 g/mol. The molecule has 5 aliphatic rings. The average Bonchev–Trinajstić information content (AvgIpc) is 3.40. The van der Waals surface area contributed by atoms with Gasteiger partial charge < -0.3 is 28.2 Å². The third-order valence-corrected chi connectivity index (χ3v) is 15.1. The van der Waals surface area contributed by atoms with Gasteiger partial charge in [0.15, 0.2) is 17.3 Å². The largest absolute Gasteiger partial charge is 0.519 e. The highest BCUT2D eigenvalue weighted by Crippen LogP contribution is 2.75. The molecule has 1 heterocycles. The van der Waals surface area contributed by atoms with E-state index in [-0.39, 0.29) is 58.9 Å². The molecule has 1 aromatic heterocycles. The Bertz CT molecular complexity index is 1600. The van der Waals surface area contributed by atoms with E-state index in [0.29, 0.717) is 37.2 Å². The predicted octanol–water partition coefficient (Wildman–Crippen LogP) is 8.07. The number of allylic oxidation sites excluding steroid dienone is 2. The molecule has 272 valence electrons. The molecule has 5 aliphatic carbocycles. The smallest absolute Gasteiger partial charge is 0.481 e. The molecule has 0 radical (unpaired) electrons. The van der Waals surface area contributed by atoms with E-state index in [1.807, 2.05) is 26.8 Å². The quantitative estimate of drug-likeness (QED) is 0.280. The van der Waals surface area contributed by atoms with Crippen LogP contribution in [0.25, 0.3) is 0 Å². The Morgan fingerprint density at radius 3 is 2.31 bits per heavy atom. The van der Waals surface area contributed by atoms with Gasteiger partial charge in [-0.1, -0.05) is 54.0 Å². The van der Waals surface area contributed by atoms with Gasteiger partial charge in [0.05, 0.1) is 19.1 Å². The summed E-state index contributed by atoms with van der Waals surface area (Å²) < 4.78 is 27.8. The van der Waals surface area contributed by atoms with Crippen molar-refractivity contribution in [2.24, 2.45) is 50.2 Å². The second-order valence-electron chi connectivity index (χ2n) is 18.1. The Morgan fingerprint density at radius 1 is 0.959 bits per heavy atom. The standard InChI is InChI=1S/C39H56O10/c1-22(2)29-26(47-33(44)49-29)20-46-21-37(6)27-10-13-39(8)30(36(27,5)12-11-28(37)48-32(43)45-9)25(40)18-23-24-19-35(4,31(41)42)15-14-34(24,3)16-17-38(23,39)7/h18,22,24,27-28,30H,10-17,19-21H2,1-9H3,(H,41,42)/t24-,27?,28-,30+,34+,35-,36-,37-,38+,39+/m0/s1. The average molecular weight is 685 g/mol. The summed E-state index contributed by atoms with van der Waals surface area (Å²) >= 11 is 0. The maximum atomic E-state index is 14.8. The number of carbonyl (C=O) groups excluding carboxylic acids is 2. The lowest BCUT2D eigenvalue weighted by atomic mass is 9.33. The van der Waals surface area contributed by atoms with E-state index in [1.165, 1.54) is 12.7 Å². The lowest BCUT2D eigenvalue weighted by Gasteiger charge is -2.70. The lowest BCUT2D eigenvalue weighted by molar-refractivity contribution is -0.219. The van der Waals surface area contributed by atoms with E-state index in [2.05, 4.69) is 34.6 Å². The molecule has 6 rings (SSSR count). The molecule has 0 amide bonds. The van der Waals surface area contributed by atoms with Crippen LogP contribution in [0.3, 0.4) is 0 Å². The third kappa shape index (κ3) is 5.27. The Labute approximate surface area is 289 Å². The SMILES string of the molecule is COC(=O)O[C@H]1CC[C@@]2(C)C(CC[C@]3(C)[C@@H]2C(=O)C=C2[C@@H]4C[C@@](C)(C(=O)O)CC[C@]4(C)CC[C@]23C)[C@]1(C)COCc1oc(=O)oc1C(C)C. The van der Waals surface area contributed by atoms with Gasteiger partial charge >= 0.3 is 17.9 Å². The van der Waals surface area contributed by atoms with Crippen molar-refractivity contribution >= 4 is 17.9 Å². The fourth-order valence-electron chi connectivity index (χ4n) is 11.9.